The van der Waals surface area contributed by atoms with Gasteiger partial charge in [0.1, 0.15) is 11.3 Å². The van der Waals surface area contributed by atoms with Gasteiger partial charge in [-0.05, 0) is 72.2 Å². The molecule has 2 heterocycles. The van der Waals surface area contributed by atoms with Crippen molar-refractivity contribution in [2.24, 2.45) is 0 Å². The molecule has 158 valence electrons. The van der Waals surface area contributed by atoms with E-state index in [2.05, 4.69) is 39.1 Å². The zero-order chi connectivity index (χ0) is 20.9. The average molecular weight is 516 g/mol. The molecule has 30 heavy (non-hydrogen) atoms. The predicted octanol–water partition coefficient (Wildman–Crippen LogP) is 5.98. The van der Waals surface area contributed by atoms with E-state index < -0.39 is 0 Å². The van der Waals surface area contributed by atoms with Crippen LogP contribution in [-0.2, 0) is 6.54 Å². The molecule has 0 unspecified atom stereocenters. The zero-order valence-corrected chi connectivity index (χ0v) is 19.7. The average Bonchev–Trinajstić information content (AvgIpc) is 3.39. The summed E-state index contributed by atoms with van der Waals surface area (Å²) < 4.78 is 3.39. The van der Waals surface area contributed by atoms with E-state index in [1.165, 1.54) is 12.8 Å². The molecule has 0 radical (unpaired) electrons. The van der Waals surface area contributed by atoms with Crippen LogP contribution in [0.5, 0.6) is 0 Å². The summed E-state index contributed by atoms with van der Waals surface area (Å²) in [7, 11) is 0. The van der Waals surface area contributed by atoms with Crippen molar-refractivity contribution in [2.75, 3.05) is 6.54 Å². The lowest BCUT2D eigenvalue weighted by Gasteiger charge is -2.24. The maximum atomic E-state index is 13.4. The number of hydrogen-bond donors (Lipinski definition) is 0. The molecule has 4 rings (SSSR count). The van der Waals surface area contributed by atoms with E-state index in [9.17, 15) is 4.79 Å². The van der Waals surface area contributed by atoms with Crippen LogP contribution in [0.15, 0.2) is 42.6 Å². The number of hydrogen-bond acceptors (Lipinski definition) is 3. The van der Waals surface area contributed by atoms with Crippen LogP contribution >= 0.6 is 22.6 Å². The number of benzene rings is 1. The van der Waals surface area contributed by atoms with Crippen molar-refractivity contribution in [2.45, 2.75) is 64.5 Å². The fraction of sp³-hybridized carbons (Fsp3) is 0.458. The summed E-state index contributed by atoms with van der Waals surface area (Å²) in [6.45, 7) is 3.47. The van der Waals surface area contributed by atoms with Gasteiger partial charge in [-0.25, -0.2) is 9.97 Å². The first-order valence-electron chi connectivity index (χ1n) is 11.0. The van der Waals surface area contributed by atoms with Gasteiger partial charge in [0.25, 0.3) is 5.91 Å². The van der Waals surface area contributed by atoms with Gasteiger partial charge in [0.05, 0.1) is 6.54 Å². The van der Waals surface area contributed by atoms with E-state index in [0.29, 0.717) is 12.6 Å². The first kappa shape index (κ1) is 21.3. The van der Waals surface area contributed by atoms with Crippen molar-refractivity contribution in [3.8, 4) is 0 Å². The Kier molecular flexibility index (Phi) is 7.02. The Morgan fingerprint density at radius 1 is 1.20 bits per heavy atom. The lowest BCUT2D eigenvalue weighted by atomic mass is 10.1. The third kappa shape index (κ3) is 4.68. The smallest absolute Gasteiger partial charge is 0.254 e. The second-order valence-corrected chi connectivity index (χ2v) is 9.37. The molecule has 1 fully saturated rings. The standard InChI is InChI=1S/C24H29IN4O/c1-2-3-6-15-28(24(30)18-9-7-10-19(25)16-18)17-22-27-21-13-8-14-26-23(21)29(22)20-11-4-5-12-20/h7-10,13-14,16,20H,2-6,11-12,15,17H2,1H3. The van der Waals surface area contributed by atoms with E-state index in [1.807, 2.05) is 47.5 Å². The first-order valence-corrected chi connectivity index (χ1v) is 12.1. The lowest BCUT2D eigenvalue weighted by Crippen LogP contribution is -2.33. The van der Waals surface area contributed by atoms with Crippen molar-refractivity contribution in [3.05, 3.63) is 57.6 Å². The number of carbonyl (C=O) groups excluding carboxylic acids is 1. The predicted molar refractivity (Wildman–Crippen MR) is 128 cm³/mol. The van der Waals surface area contributed by atoms with Crippen LogP contribution in [0.2, 0.25) is 0 Å². The number of aromatic nitrogens is 3. The summed E-state index contributed by atoms with van der Waals surface area (Å²) in [6.07, 6.45) is 9.93. The summed E-state index contributed by atoms with van der Waals surface area (Å²) in [4.78, 5) is 25.0. The summed E-state index contributed by atoms with van der Waals surface area (Å²) in [5, 5.41) is 0. The fourth-order valence-electron chi connectivity index (χ4n) is 4.41. The molecule has 5 nitrogen and oxygen atoms in total. The second-order valence-electron chi connectivity index (χ2n) is 8.13. The number of amides is 1. The third-order valence-corrected chi connectivity index (χ3v) is 6.61. The number of imidazole rings is 1. The number of carbonyl (C=O) groups is 1. The van der Waals surface area contributed by atoms with Crippen LogP contribution in [-0.4, -0.2) is 31.9 Å². The third-order valence-electron chi connectivity index (χ3n) is 5.93. The van der Waals surface area contributed by atoms with Crippen molar-refractivity contribution in [3.63, 3.8) is 0 Å². The molecular weight excluding hydrogens is 487 g/mol. The fourth-order valence-corrected chi connectivity index (χ4v) is 4.96. The van der Waals surface area contributed by atoms with Crippen LogP contribution in [0.25, 0.3) is 11.2 Å². The van der Waals surface area contributed by atoms with Gasteiger partial charge in [-0.2, -0.15) is 0 Å². The molecule has 0 atom stereocenters. The highest BCUT2D eigenvalue weighted by molar-refractivity contribution is 14.1. The summed E-state index contributed by atoms with van der Waals surface area (Å²) >= 11 is 2.27. The number of halogens is 1. The minimum atomic E-state index is 0.0857. The SMILES string of the molecule is CCCCCN(Cc1nc2cccnc2n1C1CCCC1)C(=O)c1cccc(I)c1. The first-order chi connectivity index (χ1) is 14.7. The molecule has 1 saturated carbocycles. The molecule has 1 aromatic carbocycles. The molecule has 0 aliphatic heterocycles. The van der Waals surface area contributed by atoms with Gasteiger partial charge in [-0.1, -0.05) is 38.7 Å². The molecule has 1 amide bonds. The molecule has 0 spiro atoms. The molecule has 3 aromatic rings. The van der Waals surface area contributed by atoms with Gasteiger partial charge < -0.3 is 9.47 Å². The van der Waals surface area contributed by atoms with Crippen molar-refractivity contribution < 1.29 is 4.79 Å². The van der Waals surface area contributed by atoms with Gasteiger partial charge >= 0.3 is 0 Å². The molecule has 1 aliphatic carbocycles. The summed E-state index contributed by atoms with van der Waals surface area (Å²) in [5.74, 6) is 1.05. The van der Waals surface area contributed by atoms with Gasteiger partial charge in [-0.15, -0.1) is 0 Å². The summed E-state index contributed by atoms with van der Waals surface area (Å²) in [6, 6.07) is 12.3. The number of fused-ring (bicyclic) bond motifs is 1. The van der Waals surface area contributed by atoms with E-state index in [4.69, 9.17) is 4.98 Å². The maximum absolute atomic E-state index is 13.4. The van der Waals surface area contributed by atoms with E-state index in [0.717, 1.165) is 64.8 Å². The Hall–Kier alpha value is -1.96. The molecule has 0 saturated heterocycles. The second kappa shape index (κ2) is 9.90. The Morgan fingerprint density at radius 2 is 2.03 bits per heavy atom. The Balaban J connectivity index is 1.67. The minimum Gasteiger partial charge on any atom is -0.331 e. The van der Waals surface area contributed by atoms with Crippen LogP contribution in [0.4, 0.5) is 0 Å². The van der Waals surface area contributed by atoms with Gasteiger partial charge in [-0.3, -0.25) is 4.79 Å². The van der Waals surface area contributed by atoms with Crippen molar-refractivity contribution >= 4 is 39.7 Å². The van der Waals surface area contributed by atoms with Crippen LogP contribution in [0.3, 0.4) is 0 Å². The normalized spacial score (nSPS) is 14.5. The van der Waals surface area contributed by atoms with Crippen molar-refractivity contribution in [1.29, 1.82) is 0 Å². The Labute approximate surface area is 192 Å². The number of rotatable bonds is 8. The Morgan fingerprint density at radius 3 is 2.80 bits per heavy atom. The number of nitrogens with zero attached hydrogens (tertiary/aromatic N) is 4. The van der Waals surface area contributed by atoms with E-state index >= 15 is 0 Å². The largest absolute Gasteiger partial charge is 0.331 e. The van der Waals surface area contributed by atoms with Gasteiger partial charge in [0.15, 0.2) is 5.65 Å². The van der Waals surface area contributed by atoms with Gasteiger partial charge in [0.2, 0.25) is 0 Å². The minimum absolute atomic E-state index is 0.0857. The quantitative estimate of drug-likeness (QED) is 0.273. The molecule has 0 bridgehead atoms. The highest BCUT2D eigenvalue weighted by atomic mass is 127. The highest BCUT2D eigenvalue weighted by Gasteiger charge is 2.26. The van der Waals surface area contributed by atoms with E-state index in [1.54, 1.807) is 0 Å². The molecular formula is C24H29IN4O. The topological polar surface area (TPSA) is 51.0 Å². The van der Waals surface area contributed by atoms with Crippen LogP contribution in [0.1, 0.15) is 74.1 Å². The number of pyridine rings is 1. The summed E-state index contributed by atoms with van der Waals surface area (Å²) in [5.41, 5.74) is 2.63. The van der Waals surface area contributed by atoms with Crippen LogP contribution in [0, 0.1) is 3.57 Å². The highest BCUT2D eigenvalue weighted by Crippen LogP contribution is 2.33. The van der Waals surface area contributed by atoms with Crippen molar-refractivity contribution in [1.82, 2.24) is 19.4 Å². The van der Waals surface area contributed by atoms with Gasteiger partial charge in [0, 0.05) is 27.9 Å². The Bertz CT molecular complexity index is 1010. The molecule has 1 aliphatic rings. The monoisotopic (exact) mass is 516 g/mol. The maximum Gasteiger partial charge on any atom is 0.254 e. The van der Waals surface area contributed by atoms with E-state index in [-0.39, 0.29) is 5.91 Å². The lowest BCUT2D eigenvalue weighted by molar-refractivity contribution is 0.0733. The molecule has 6 heteroatoms. The zero-order valence-electron chi connectivity index (χ0n) is 17.6. The van der Waals surface area contributed by atoms with Crippen LogP contribution < -0.4 is 0 Å². The molecule has 2 aromatic heterocycles. The molecule has 0 N–H and O–H groups in total. The number of unbranched alkanes of at least 4 members (excludes halogenated alkanes) is 2.